The molecule has 0 aromatic heterocycles. The topological polar surface area (TPSA) is 87.8 Å². The number of carbonyl (C=O) groups is 2. The number of nitrogens with one attached hydrogen (secondary N) is 1. The fraction of sp³-hybridized carbons (Fsp3) is 0.471. The van der Waals surface area contributed by atoms with Crippen LogP contribution in [0.2, 0.25) is 0 Å². The lowest BCUT2D eigenvalue weighted by atomic mass is 10.0. The van der Waals surface area contributed by atoms with Crippen LogP contribution in [0.25, 0.3) is 0 Å². The van der Waals surface area contributed by atoms with Crippen LogP contribution in [-0.4, -0.2) is 29.6 Å². The van der Waals surface area contributed by atoms with Gasteiger partial charge < -0.3 is 11.1 Å². The summed E-state index contributed by atoms with van der Waals surface area (Å²) in [4.78, 5) is 24.1. The van der Waals surface area contributed by atoms with E-state index < -0.39 is 17.8 Å². The van der Waals surface area contributed by atoms with E-state index in [1.54, 1.807) is 0 Å². The molecule has 0 saturated heterocycles. The van der Waals surface area contributed by atoms with E-state index in [1.807, 2.05) is 20.8 Å². The molecule has 0 radical (unpaired) electrons. The van der Waals surface area contributed by atoms with Crippen molar-refractivity contribution in [1.29, 1.82) is 0 Å². The zero-order valence-electron chi connectivity index (χ0n) is 14.1. The van der Waals surface area contributed by atoms with Crippen molar-refractivity contribution in [3.63, 3.8) is 0 Å². The van der Waals surface area contributed by atoms with Gasteiger partial charge in [-0.05, 0) is 36.6 Å². The fourth-order valence-electron chi connectivity index (χ4n) is 2.69. The predicted octanol–water partition coefficient (Wildman–Crippen LogP) is 1.80. The third-order valence-electron chi connectivity index (χ3n) is 4.15. The second kappa shape index (κ2) is 7.42. The third kappa shape index (κ3) is 3.90. The number of hydrogen-bond donors (Lipinski definition) is 2. The molecule has 2 rings (SSSR count). The number of hydrogen-bond acceptors (Lipinski definition) is 4. The van der Waals surface area contributed by atoms with Crippen molar-refractivity contribution in [3.8, 4) is 0 Å². The van der Waals surface area contributed by atoms with Gasteiger partial charge in [-0.3, -0.25) is 14.6 Å². The molecular weight excluding hydrogens is 311 g/mol. The summed E-state index contributed by atoms with van der Waals surface area (Å²) in [6.07, 6.45) is 0.935. The number of primary amides is 1. The van der Waals surface area contributed by atoms with Crippen LogP contribution >= 0.6 is 0 Å². The Labute approximate surface area is 140 Å². The van der Waals surface area contributed by atoms with Crippen LogP contribution in [0.4, 0.5) is 10.1 Å². The van der Waals surface area contributed by atoms with Crippen LogP contribution in [0, 0.1) is 11.7 Å². The molecule has 2 unspecified atom stereocenters. The van der Waals surface area contributed by atoms with Gasteiger partial charge in [0.05, 0.1) is 5.69 Å². The molecule has 1 aromatic carbocycles. The number of hydrazone groups is 1. The maximum Gasteiger partial charge on any atom is 0.267 e. The summed E-state index contributed by atoms with van der Waals surface area (Å²) in [5, 5.41) is 8.57. The molecule has 0 fully saturated rings. The maximum atomic E-state index is 13.1. The minimum Gasteiger partial charge on any atom is -0.368 e. The van der Waals surface area contributed by atoms with E-state index in [-0.39, 0.29) is 24.1 Å². The fourth-order valence-corrected chi connectivity index (χ4v) is 2.69. The van der Waals surface area contributed by atoms with E-state index in [0.717, 1.165) is 6.42 Å². The number of anilines is 1. The van der Waals surface area contributed by atoms with Gasteiger partial charge in [-0.1, -0.05) is 20.8 Å². The molecule has 7 heteroatoms. The maximum absolute atomic E-state index is 13.1. The molecule has 0 saturated carbocycles. The Morgan fingerprint density at radius 1 is 1.38 bits per heavy atom. The molecule has 6 nitrogen and oxygen atoms in total. The highest BCUT2D eigenvalue weighted by Gasteiger charge is 2.35. The second-order valence-corrected chi connectivity index (χ2v) is 6.22. The van der Waals surface area contributed by atoms with Crippen molar-refractivity contribution in [1.82, 2.24) is 5.32 Å². The average molecular weight is 334 g/mol. The molecule has 1 aliphatic rings. The highest BCUT2D eigenvalue weighted by atomic mass is 19.1. The minimum absolute atomic E-state index is 0.0344. The summed E-state index contributed by atoms with van der Waals surface area (Å²) in [5.41, 5.74) is 6.20. The largest absolute Gasteiger partial charge is 0.368 e. The molecule has 2 amide bonds. The zero-order chi connectivity index (χ0) is 17.9. The van der Waals surface area contributed by atoms with E-state index in [0.29, 0.717) is 11.6 Å². The number of rotatable bonds is 6. The van der Waals surface area contributed by atoms with Crippen LogP contribution in [0.15, 0.2) is 29.4 Å². The molecule has 1 heterocycles. The van der Waals surface area contributed by atoms with Crippen LogP contribution < -0.4 is 16.1 Å². The average Bonchev–Trinajstić information content (AvgIpc) is 2.98. The van der Waals surface area contributed by atoms with Gasteiger partial charge in [0, 0.05) is 12.5 Å². The number of nitrogens with two attached hydrogens (primary N) is 1. The van der Waals surface area contributed by atoms with E-state index >= 15 is 0 Å². The number of nitrogens with zero attached hydrogens (tertiary/aromatic N) is 2. The first-order valence-electron chi connectivity index (χ1n) is 8.06. The number of halogens is 1. The quantitative estimate of drug-likeness (QED) is 0.831. The molecule has 130 valence electrons. The van der Waals surface area contributed by atoms with Gasteiger partial charge in [0.25, 0.3) is 5.91 Å². The van der Waals surface area contributed by atoms with E-state index in [2.05, 4.69) is 10.4 Å². The van der Waals surface area contributed by atoms with Gasteiger partial charge in [-0.2, -0.15) is 5.10 Å². The molecule has 1 aromatic rings. The van der Waals surface area contributed by atoms with E-state index in [9.17, 15) is 14.0 Å². The molecule has 0 spiro atoms. The lowest BCUT2D eigenvalue weighted by Crippen LogP contribution is -2.42. The molecule has 2 atom stereocenters. The first-order chi connectivity index (χ1) is 11.3. The van der Waals surface area contributed by atoms with Crippen molar-refractivity contribution in [3.05, 3.63) is 30.1 Å². The first-order valence-corrected chi connectivity index (χ1v) is 8.06. The van der Waals surface area contributed by atoms with Crippen LogP contribution in [0.5, 0.6) is 0 Å². The summed E-state index contributed by atoms with van der Waals surface area (Å²) in [6, 6.07) is 4.82. The summed E-state index contributed by atoms with van der Waals surface area (Å²) >= 11 is 0. The number of benzene rings is 1. The first kappa shape index (κ1) is 17.9. The van der Waals surface area contributed by atoms with Gasteiger partial charge in [-0.15, -0.1) is 0 Å². The van der Waals surface area contributed by atoms with Crippen molar-refractivity contribution >= 4 is 23.2 Å². The lowest BCUT2D eigenvalue weighted by Gasteiger charge is -2.20. The molecular formula is C17H23FN4O2. The van der Waals surface area contributed by atoms with Gasteiger partial charge in [0.2, 0.25) is 5.91 Å². The second-order valence-electron chi connectivity index (χ2n) is 6.22. The Morgan fingerprint density at radius 3 is 2.50 bits per heavy atom. The van der Waals surface area contributed by atoms with Crippen LogP contribution in [0.3, 0.4) is 0 Å². The molecule has 0 bridgehead atoms. The minimum atomic E-state index is -0.754. The van der Waals surface area contributed by atoms with Crippen LogP contribution in [-0.2, 0) is 9.59 Å². The van der Waals surface area contributed by atoms with Gasteiger partial charge >= 0.3 is 0 Å². The highest BCUT2D eigenvalue weighted by Crippen LogP contribution is 2.25. The van der Waals surface area contributed by atoms with E-state index in [1.165, 1.54) is 29.3 Å². The standard InChI is InChI=1S/C17H23FN4O2/c1-4-13(10(2)3)20-17(24)14-9-15(16(19)23)22(21-14)12-7-5-11(18)6-8-12/h5-8,10,13,15H,4,9H2,1-3H3,(H2,19,23)(H,20,24). The Kier molecular flexibility index (Phi) is 5.54. The third-order valence-corrected chi connectivity index (χ3v) is 4.15. The Balaban J connectivity index is 2.22. The Morgan fingerprint density at radius 2 is 2.00 bits per heavy atom. The van der Waals surface area contributed by atoms with Gasteiger partial charge in [0.1, 0.15) is 17.6 Å². The molecule has 1 aliphatic heterocycles. The van der Waals surface area contributed by atoms with E-state index in [4.69, 9.17) is 5.73 Å². The monoisotopic (exact) mass is 334 g/mol. The Bertz CT molecular complexity index is 642. The molecule has 24 heavy (non-hydrogen) atoms. The number of amides is 2. The lowest BCUT2D eigenvalue weighted by molar-refractivity contribution is -0.119. The van der Waals surface area contributed by atoms with Crippen molar-refractivity contribution in [2.24, 2.45) is 16.8 Å². The van der Waals surface area contributed by atoms with Crippen molar-refractivity contribution in [2.75, 3.05) is 5.01 Å². The van der Waals surface area contributed by atoms with Crippen LogP contribution in [0.1, 0.15) is 33.6 Å². The Hall–Kier alpha value is -2.44. The van der Waals surface area contributed by atoms with Gasteiger partial charge in [-0.25, -0.2) is 4.39 Å². The molecule has 0 aliphatic carbocycles. The zero-order valence-corrected chi connectivity index (χ0v) is 14.1. The smallest absolute Gasteiger partial charge is 0.267 e. The predicted molar refractivity (Wildman–Crippen MR) is 91.0 cm³/mol. The van der Waals surface area contributed by atoms with Crippen molar-refractivity contribution < 1.29 is 14.0 Å². The van der Waals surface area contributed by atoms with Crippen molar-refractivity contribution in [2.45, 2.75) is 45.7 Å². The SMILES string of the molecule is CCC(NC(=O)C1=NN(c2ccc(F)cc2)C(C(N)=O)C1)C(C)C. The summed E-state index contributed by atoms with van der Waals surface area (Å²) in [7, 11) is 0. The summed E-state index contributed by atoms with van der Waals surface area (Å²) in [6.45, 7) is 6.06. The number of carbonyl (C=O) groups excluding carboxylic acids is 2. The summed E-state index contributed by atoms with van der Waals surface area (Å²) in [5.74, 6) is -0.979. The summed E-state index contributed by atoms with van der Waals surface area (Å²) < 4.78 is 13.1. The molecule has 3 N–H and O–H groups in total. The normalized spacial score (nSPS) is 18.5. The van der Waals surface area contributed by atoms with Gasteiger partial charge in [0.15, 0.2) is 0 Å². The highest BCUT2D eigenvalue weighted by molar-refractivity contribution is 6.40.